The summed E-state index contributed by atoms with van der Waals surface area (Å²) in [6.45, 7) is 0. The van der Waals surface area contributed by atoms with Crippen LogP contribution in [0.2, 0.25) is 0 Å². The molecular weight excluding hydrogens is 240 g/mol. The number of rotatable bonds is 3. The predicted octanol–water partition coefficient (Wildman–Crippen LogP) is 6.33. The van der Waals surface area contributed by atoms with E-state index in [1.807, 2.05) is 11.1 Å². The highest BCUT2D eigenvalue weighted by Crippen LogP contribution is 2.57. The van der Waals surface area contributed by atoms with Crippen LogP contribution in [0.15, 0.2) is 23.3 Å². The second-order valence-corrected chi connectivity index (χ2v) is 8.05. The van der Waals surface area contributed by atoms with E-state index in [4.69, 9.17) is 0 Å². The Bertz CT molecular complexity index is 383. The zero-order valence-electron chi connectivity index (χ0n) is 13.1. The van der Waals surface area contributed by atoms with E-state index < -0.39 is 0 Å². The van der Waals surface area contributed by atoms with Crippen LogP contribution in [0.4, 0.5) is 0 Å². The molecule has 0 aromatic heterocycles. The summed E-state index contributed by atoms with van der Waals surface area (Å²) in [5.74, 6) is 0. The third-order valence-corrected chi connectivity index (χ3v) is 7.13. The summed E-state index contributed by atoms with van der Waals surface area (Å²) >= 11 is 0. The van der Waals surface area contributed by atoms with Gasteiger partial charge in [-0.05, 0) is 62.2 Å². The zero-order valence-corrected chi connectivity index (χ0v) is 13.1. The summed E-state index contributed by atoms with van der Waals surface area (Å²) in [6.07, 6.45) is 25.7. The highest BCUT2D eigenvalue weighted by atomic mass is 14.5. The van der Waals surface area contributed by atoms with Crippen LogP contribution < -0.4 is 0 Å². The molecule has 0 atom stereocenters. The molecule has 0 aliphatic heterocycles. The minimum absolute atomic E-state index is 0.697. The Morgan fingerprint density at radius 2 is 1.00 bits per heavy atom. The highest BCUT2D eigenvalue weighted by Gasteiger charge is 2.42. The van der Waals surface area contributed by atoms with Crippen LogP contribution in [0.3, 0.4) is 0 Å². The van der Waals surface area contributed by atoms with Crippen molar-refractivity contribution in [1.29, 1.82) is 0 Å². The van der Waals surface area contributed by atoms with Crippen molar-refractivity contribution in [3.8, 4) is 0 Å². The number of hydrogen-bond donors (Lipinski definition) is 0. The van der Waals surface area contributed by atoms with Gasteiger partial charge in [0.05, 0.1) is 0 Å². The van der Waals surface area contributed by atoms with Gasteiger partial charge < -0.3 is 0 Å². The fraction of sp³-hybridized carbons (Fsp3) is 0.800. The highest BCUT2D eigenvalue weighted by molar-refractivity contribution is 5.31. The zero-order chi connectivity index (χ0) is 13.5. The molecule has 0 unspecified atom stereocenters. The fourth-order valence-corrected chi connectivity index (χ4v) is 5.58. The van der Waals surface area contributed by atoms with Crippen molar-refractivity contribution in [2.45, 2.75) is 89.9 Å². The Morgan fingerprint density at radius 1 is 0.600 bits per heavy atom. The van der Waals surface area contributed by atoms with Crippen molar-refractivity contribution < 1.29 is 0 Å². The fourth-order valence-electron chi connectivity index (χ4n) is 5.58. The Kier molecular flexibility index (Phi) is 3.32. The van der Waals surface area contributed by atoms with E-state index in [-0.39, 0.29) is 0 Å². The normalized spacial score (nSPS) is 30.4. The summed E-state index contributed by atoms with van der Waals surface area (Å²) in [5, 5.41) is 0. The first-order valence-corrected chi connectivity index (χ1v) is 9.22. The molecule has 0 N–H and O–H groups in total. The summed E-state index contributed by atoms with van der Waals surface area (Å²) in [6, 6.07) is 0. The minimum atomic E-state index is 0.697. The van der Waals surface area contributed by atoms with E-state index in [1.165, 1.54) is 89.9 Å². The summed E-state index contributed by atoms with van der Waals surface area (Å²) < 4.78 is 0. The van der Waals surface area contributed by atoms with Crippen molar-refractivity contribution in [2.24, 2.45) is 10.8 Å². The van der Waals surface area contributed by atoms with Crippen molar-refractivity contribution in [1.82, 2.24) is 0 Å². The van der Waals surface area contributed by atoms with E-state index in [0.717, 1.165) is 0 Å². The van der Waals surface area contributed by atoms with Gasteiger partial charge in [0.2, 0.25) is 0 Å². The van der Waals surface area contributed by atoms with Crippen LogP contribution in [0.5, 0.6) is 0 Å². The minimum Gasteiger partial charge on any atom is -0.0839 e. The van der Waals surface area contributed by atoms with Crippen molar-refractivity contribution in [2.75, 3.05) is 0 Å². The average Bonchev–Trinajstić information content (AvgIpc) is 2.51. The largest absolute Gasteiger partial charge is 0.0839 e. The SMILES string of the molecule is C1=C(CCC2=CCC23CCCCC3)C2(C1)CCCCC2. The molecule has 4 rings (SSSR count). The van der Waals surface area contributed by atoms with Crippen LogP contribution in [0, 0.1) is 10.8 Å². The molecule has 0 amide bonds. The molecule has 0 bridgehead atoms. The molecule has 2 saturated carbocycles. The molecule has 0 saturated heterocycles. The van der Waals surface area contributed by atoms with E-state index in [0.29, 0.717) is 10.8 Å². The average molecular weight is 270 g/mol. The van der Waals surface area contributed by atoms with E-state index in [1.54, 1.807) is 0 Å². The molecule has 0 aromatic carbocycles. The molecule has 4 aliphatic rings. The summed E-state index contributed by atoms with van der Waals surface area (Å²) in [7, 11) is 0. The summed E-state index contributed by atoms with van der Waals surface area (Å²) in [4.78, 5) is 0. The van der Waals surface area contributed by atoms with E-state index >= 15 is 0 Å². The monoisotopic (exact) mass is 270 g/mol. The quantitative estimate of drug-likeness (QED) is 0.526. The second kappa shape index (κ2) is 5.04. The van der Waals surface area contributed by atoms with Gasteiger partial charge in [-0.2, -0.15) is 0 Å². The topological polar surface area (TPSA) is 0 Å². The smallest absolute Gasteiger partial charge is 0.00534 e. The van der Waals surface area contributed by atoms with Gasteiger partial charge in [-0.25, -0.2) is 0 Å². The maximum absolute atomic E-state index is 2.58. The standard InChI is InChI=1S/C20H30/c1-3-11-19(12-4-1)15-9-17(19)7-8-18-10-16-20(18)13-5-2-6-14-20/h9-10H,1-8,11-16H2. The van der Waals surface area contributed by atoms with Gasteiger partial charge in [0.25, 0.3) is 0 Å². The van der Waals surface area contributed by atoms with Gasteiger partial charge >= 0.3 is 0 Å². The first kappa shape index (κ1) is 13.2. The van der Waals surface area contributed by atoms with Crippen molar-refractivity contribution in [3.05, 3.63) is 23.3 Å². The first-order valence-electron chi connectivity index (χ1n) is 9.22. The third kappa shape index (κ3) is 2.02. The maximum atomic E-state index is 2.58. The number of allylic oxidation sites excluding steroid dienone is 4. The van der Waals surface area contributed by atoms with E-state index in [9.17, 15) is 0 Å². The van der Waals surface area contributed by atoms with Gasteiger partial charge in [0.1, 0.15) is 0 Å². The van der Waals surface area contributed by atoms with Gasteiger partial charge in [0.15, 0.2) is 0 Å². The lowest BCUT2D eigenvalue weighted by molar-refractivity contribution is 0.192. The number of hydrogen-bond acceptors (Lipinski definition) is 0. The predicted molar refractivity (Wildman–Crippen MR) is 85.7 cm³/mol. The van der Waals surface area contributed by atoms with Gasteiger partial charge in [-0.1, -0.05) is 61.8 Å². The first-order chi connectivity index (χ1) is 9.83. The van der Waals surface area contributed by atoms with Crippen LogP contribution in [-0.4, -0.2) is 0 Å². The van der Waals surface area contributed by atoms with Crippen LogP contribution in [0.1, 0.15) is 89.9 Å². The third-order valence-electron chi connectivity index (χ3n) is 7.13. The lowest BCUT2D eigenvalue weighted by Gasteiger charge is -2.48. The molecule has 2 fully saturated rings. The molecule has 110 valence electrons. The Hall–Kier alpha value is -0.520. The molecular formula is C20H30. The molecule has 0 aromatic rings. The molecule has 0 heterocycles. The van der Waals surface area contributed by atoms with E-state index in [2.05, 4.69) is 12.2 Å². The van der Waals surface area contributed by atoms with Crippen LogP contribution >= 0.6 is 0 Å². The van der Waals surface area contributed by atoms with Crippen molar-refractivity contribution in [3.63, 3.8) is 0 Å². The van der Waals surface area contributed by atoms with Gasteiger partial charge in [-0.15, -0.1) is 0 Å². The summed E-state index contributed by atoms with van der Waals surface area (Å²) in [5.41, 5.74) is 5.11. The molecule has 0 nitrogen and oxygen atoms in total. The molecule has 20 heavy (non-hydrogen) atoms. The molecule has 2 spiro atoms. The lowest BCUT2D eigenvalue weighted by atomic mass is 9.57. The Labute approximate surface area is 124 Å². The maximum Gasteiger partial charge on any atom is -0.00534 e. The molecule has 4 aliphatic carbocycles. The molecule has 0 radical (unpaired) electrons. The van der Waals surface area contributed by atoms with Crippen LogP contribution in [-0.2, 0) is 0 Å². The van der Waals surface area contributed by atoms with Gasteiger partial charge in [-0.3, -0.25) is 0 Å². The van der Waals surface area contributed by atoms with Gasteiger partial charge in [0, 0.05) is 0 Å². The van der Waals surface area contributed by atoms with Crippen molar-refractivity contribution >= 4 is 0 Å². The second-order valence-electron chi connectivity index (χ2n) is 8.05. The van der Waals surface area contributed by atoms with Crippen LogP contribution in [0.25, 0.3) is 0 Å². The Balaban J connectivity index is 1.35. The molecule has 0 heteroatoms. The lowest BCUT2D eigenvalue weighted by Crippen LogP contribution is -2.34. The Morgan fingerprint density at radius 3 is 1.30 bits per heavy atom.